The van der Waals surface area contributed by atoms with Gasteiger partial charge in [-0.15, -0.1) is 5.92 Å². The normalized spacial score (nSPS) is 14.7. The minimum absolute atomic E-state index is 0.119. The first-order chi connectivity index (χ1) is 17.0. The fraction of sp³-hybridized carbons (Fsp3) is 0.310. The number of aliphatic hydroxyl groups is 1. The van der Waals surface area contributed by atoms with E-state index in [0.29, 0.717) is 24.3 Å². The molecule has 5 nitrogen and oxygen atoms in total. The van der Waals surface area contributed by atoms with E-state index in [1.807, 2.05) is 31.2 Å². The summed E-state index contributed by atoms with van der Waals surface area (Å²) >= 11 is 0. The number of aldehydes is 1. The zero-order chi connectivity index (χ0) is 25.4. The molecule has 2 unspecified atom stereocenters. The lowest BCUT2D eigenvalue weighted by atomic mass is 9.90. The van der Waals surface area contributed by atoms with Gasteiger partial charge in [-0.2, -0.15) is 0 Å². The number of benzene rings is 2. The molecule has 1 aliphatic heterocycles. The molecule has 0 spiro atoms. The lowest BCUT2D eigenvalue weighted by Gasteiger charge is -2.28. The van der Waals surface area contributed by atoms with E-state index >= 15 is 0 Å². The lowest BCUT2D eigenvalue weighted by molar-refractivity contribution is -0.107. The molecule has 0 radical (unpaired) electrons. The molecular formula is C29H30FNO4. The van der Waals surface area contributed by atoms with E-state index in [2.05, 4.69) is 22.9 Å². The predicted molar refractivity (Wildman–Crippen MR) is 134 cm³/mol. The van der Waals surface area contributed by atoms with E-state index in [4.69, 9.17) is 14.6 Å². The molecule has 4 rings (SSSR count). The van der Waals surface area contributed by atoms with Crippen LogP contribution in [-0.2, 0) is 11.2 Å². The molecule has 2 heterocycles. The molecule has 0 saturated carbocycles. The van der Waals surface area contributed by atoms with Gasteiger partial charge in [-0.1, -0.05) is 24.1 Å². The Balaban J connectivity index is 0.00000167. The summed E-state index contributed by atoms with van der Waals surface area (Å²) in [5.41, 5.74) is 5.23. The Morgan fingerprint density at radius 2 is 2.03 bits per heavy atom. The molecule has 2 aromatic carbocycles. The maximum atomic E-state index is 14.8. The summed E-state index contributed by atoms with van der Waals surface area (Å²) in [6.07, 6.45) is 2.30. The van der Waals surface area contributed by atoms with Gasteiger partial charge in [0.15, 0.2) is 0 Å². The second-order valence-electron chi connectivity index (χ2n) is 8.08. The molecular weight excluding hydrogens is 445 g/mol. The smallest absolute Gasteiger partial charge is 0.213 e. The highest BCUT2D eigenvalue weighted by Crippen LogP contribution is 2.39. The molecule has 1 aliphatic rings. The number of methoxy groups -OCH3 is 1. The van der Waals surface area contributed by atoms with Gasteiger partial charge in [0.05, 0.1) is 13.0 Å². The first kappa shape index (κ1) is 25.9. The average Bonchev–Trinajstić information content (AvgIpc) is 2.89. The third-order valence-corrected chi connectivity index (χ3v) is 6.01. The Morgan fingerprint density at radius 1 is 1.23 bits per heavy atom. The van der Waals surface area contributed by atoms with Crippen molar-refractivity contribution >= 4 is 6.29 Å². The monoisotopic (exact) mass is 475 g/mol. The quantitative estimate of drug-likeness (QED) is 0.373. The van der Waals surface area contributed by atoms with Gasteiger partial charge in [0.2, 0.25) is 5.88 Å². The van der Waals surface area contributed by atoms with E-state index in [1.54, 1.807) is 26.2 Å². The molecule has 3 aromatic rings. The van der Waals surface area contributed by atoms with Gasteiger partial charge in [-0.05, 0) is 67.6 Å². The Hall–Kier alpha value is -3.69. The van der Waals surface area contributed by atoms with Crippen molar-refractivity contribution in [3.05, 3.63) is 76.7 Å². The summed E-state index contributed by atoms with van der Waals surface area (Å²) in [5, 5.41) is 7.00. The van der Waals surface area contributed by atoms with Crippen molar-refractivity contribution in [3.63, 3.8) is 0 Å². The van der Waals surface area contributed by atoms with Crippen LogP contribution in [-0.4, -0.2) is 30.6 Å². The first-order valence-electron chi connectivity index (χ1n) is 11.5. The van der Waals surface area contributed by atoms with Crippen molar-refractivity contribution in [2.24, 2.45) is 0 Å². The van der Waals surface area contributed by atoms with Crippen LogP contribution < -0.4 is 9.47 Å². The SMILES string of the molecule is CC#CC(CC=O)c1ccc2c(c1)CCC(c1cc(-c3ccc(OC)nc3C)ccc1F)O2.CO. The summed E-state index contributed by atoms with van der Waals surface area (Å²) in [4.78, 5) is 15.5. The number of rotatable bonds is 6. The standard InChI is InChI=1S/C28H26FNO3.CH4O/c1-4-5-19(14-15-31)20-7-11-26-22(16-20)8-12-27(33-26)24-17-21(6-10-25(24)29)23-9-13-28(32-3)30-18(23)2;1-2/h6-7,9-11,13,15-17,19,27H,8,12,14H2,1-3H3;2H,1H3. The third kappa shape index (κ3) is 5.87. The van der Waals surface area contributed by atoms with Crippen molar-refractivity contribution < 1.29 is 23.8 Å². The minimum Gasteiger partial charge on any atom is -0.485 e. The number of nitrogens with zero attached hydrogens (tertiary/aromatic N) is 1. The third-order valence-electron chi connectivity index (χ3n) is 6.01. The Morgan fingerprint density at radius 3 is 2.71 bits per heavy atom. The minimum atomic E-state index is -0.379. The van der Waals surface area contributed by atoms with Crippen LogP contribution in [0.25, 0.3) is 11.1 Å². The number of hydrogen-bond donors (Lipinski definition) is 1. The van der Waals surface area contributed by atoms with Gasteiger partial charge in [-0.25, -0.2) is 9.37 Å². The maximum absolute atomic E-state index is 14.8. The van der Waals surface area contributed by atoms with E-state index in [-0.39, 0.29) is 17.8 Å². The largest absolute Gasteiger partial charge is 0.485 e. The molecule has 1 aromatic heterocycles. The van der Waals surface area contributed by atoms with Crippen LogP contribution in [0.2, 0.25) is 0 Å². The second kappa shape index (κ2) is 12.1. The van der Waals surface area contributed by atoms with Crippen LogP contribution in [0.3, 0.4) is 0 Å². The van der Waals surface area contributed by atoms with Gasteiger partial charge in [0.1, 0.15) is 24.0 Å². The van der Waals surface area contributed by atoms with Crippen molar-refractivity contribution in [1.82, 2.24) is 4.98 Å². The Labute approximate surface area is 205 Å². The van der Waals surface area contributed by atoms with E-state index in [0.717, 1.165) is 53.5 Å². The molecule has 2 atom stereocenters. The molecule has 6 heteroatoms. The van der Waals surface area contributed by atoms with Gasteiger partial charge < -0.3 is 19.4 Å². The number of aliphatic hydroxyl groups excluding tert-OH is 1. The molecule has 0 fully saturated rings. The summed E-state index contributed by atoms with van der Waals surface area (Å²) in [5.74, 6) is 6.89. The zero-order valence-electron chi connectivity index (χ0n) is 20.5. The van der Waals surface area contributed by atoms with E-state index in [1.165, 1.54) is 6.07 Å². The highest BCUT2D eigenvalue weighted by atomic mass is 19.1. The molecule has 1 N–H and O–H groups in total. The number of ether oxygens (including phenoxy) is 2. The van der Waals surface area contributed by atoms with Gasteiger partial charge in [-0.3, -0.25) is 0 Å². The molecule has 0 saturated heterocycles. The van der Waals surface area contributed by atoms with Crippen molar-refractivity contribution in [1.29, 1.82) is 0 Å². The number of carbonyl (C=O) groups excluding carboxylic acids is 1. The van der Waals surface area contributed by atoms with Crippen molar-refractivity contribution in [3.8, 4) is 34.6 Å². The number of fused-ring (bicyclic) bond motifs is 1. The number of pyridine rings is 1. The van der Waals surface area contributed by atoms with Gasteiger partial charge in [0, 0.05) is 36.4 Å². The fourth-order valence-corrected chi connectivity index (χ4v) is 4.31. The molecule has 0 bridgehead atoms. The highest BCUT2D eigenvalue weighted by Gasteiger charge is 2.25. The number of aryl methyl sites for hydroxylation is 2. The van der Waals surface area contributed by atoms with Crippen LogP contribution in [0.4, 0.5) is 4.39 Å². The van der Waals surface area contributed by atoms with Gasteiger partial charge in [0.25, 0.3) is 0 Å². The van der Waals surface area contributed by atoms with E-state index < -0.39 is 0 Å². The molecule has 0 aliphatic carbocycles. The maximum Gasteiger partial charge on any atom is 0.213 e. The number of carbonyl (C=O) groups is 1. The second-order valence-corrected chi connectivity index (χ2v) is 8.08. The number of hydrogen-bond acceptors (Lipinski definition) is 5. The van der Waals surface area contributed by atoms with Crippen LogP contribution in [0, 0.1) is 24.6 Å². The van der Waals surface area contributed by atoms with Crippen LogP contribution in [0.5, 0.6) is 11.6 Å². The summed E-state index contributed by atoms with van der Waals surface area (Å²) < 4.78 is 26.3. The van der Waals surface area contributed by atoms with Crippen molar-refractivity contribution in [2.75, 3.05) is 14.2 Å². The first-order valence-corrected chi connectivity index (χ1v) is 11.5. The molecule has 0 amide bonds. The number of halogens is 1. The highest BCUT2D eigenvalue weighted by molar-refractivity contribution is 5.67. The van der Waals surface area contributed by atoms with E-state index in [9.17, 15) is 9.18 Å². The topological polar surface area (TPSA) is 68.7 Å². The van der Waals surface area contributed by atoms with Crippen LogP contribution >= 0.6 is 0 Å². The lowest BCUT2D eigenvalue weighted by Crippen LogP contribution is -2.17. The van der Waals surface area contributed by atoms with Crippen LogP contribution in [0.15, 0.2) is 48.5 Å². The average molecular weight is 476 g/mol. The summed E-state index contributed by atoms with van der Waals surface area (Å²) in [6, 6.07) is 14.8. The molecule has 182 valence electrons. The van der Waals surface area contributed by atoms with Gasteiger partial charge >= 0.3 is 0 Å². The Kier molecular flexibility index (Phi) is 8.99. The summed E-state index contributed by atoms with van der Waals surface area (Å²) in [6.45, 7) is 3.68. The number of aromatic nitrogens is 1. The van der Waals surface area contributed by atoms with Crippen LogP contribution in [0.1, 0.15) is 54.2 Å². The zero-order valence-corrected chi connectivity index (χ0v) is 20.5. The predicted octanol–water partition coefficient (Wildman–Crippen LogP) is 5.58. The Bertz CT molecular complexity index is 1250. The molecule has 35 heavy (non-hydrogen) atoms. The summed E-state index contributed by atoms with van der Waals surface area (Å²) in [7, 11) is 2.58. The fourth-order valence-electron chi connectivity index (χ4n) is 4.31. The van der Waals surface area contributed by atoms with Crippen molar-refractivity contribution in [2.45, 2.75) is 45.1 Å².